The Bertz CT molecular complexity index is 245. The van der Waals surface area contributed by atoms with Gasteiger partial charge in [0.2, 0.25) is 0 Å². The molecule has 1 aliphatic rings. The van der Waals surface area contributed by atoms with Crippen LogP contribution in [0.15, 0.2) is 11.6 Å². The molecule has 0 aromatic carbocycles. The Balaban J connectivity index is 2.13. The SMILES string of the molecule is CC1=CC(C)CC(CNCCN(C)C(C)C)C1. The molecular weight excluding hydrogens is 208 g/mol. The summed E-state index contributed by atoms with van der Waals surface area (Å²) >= 11 is 0. The summed E-state index contributed by atoms with van der Waals surface area (Å²) in [5.74, 6) is 1.62. The van der Waals surface area contributed by atoms with Crippen LogP contribution in [0.5, 0.6) is 0 Å². The molecule has 2 atom stereocenters. The summed E-state index contributed by atoms with van der Waals surface area (Å²) in [6.07, 6.45) is 5.07. The predicted molar refractivity (Wildman–Crippen MR) is 76.3 cm³/mol. The summed E-state index contributed by atoms with van der Waals surface area (Å²) in [5, 5.41) is 3.61. The number of nitrogens with zero attached hydrogens (tertiary/aromatic N) is 1. The zero-order chi connectivity index (χ0) is 12.8. The number of likely N-dealkylation sites (N-methyl/N-ethyl adjacent to an activating group) is 1. The first-order chi connectivity index (χ1) is 7.99. The van der Waals surface area contributed by atoms with Gasteiger partial charge in [0.1, 0.15) is 0 Å². The maximum Gasteiger partial charge on any atom is 0.0106 e. The molecule has 1 N–H and O–H groups in total. The van der Waals surface area contributed by atoms with Crippen LogP contribution in [0, 0.1) is 11.8 Å². The number of hydrogen-bond donors (Lipinski definition) is 1. The largest absolute Gasteiger partial charge is 0.315 e. The minimum absolute atomic E-state index is 0.650. The van der Waals surface area contributed by atoms with Crippen LogP contribution in [0.25, 0.3) is 0 Å². The van der Waals surface area contributed by atoms with Crippen LogP contribution in [0.1, 0.15) is 40.5 Å². The van der Waals surface area contributed by atoms with Gasteiger partial charge in [-0.1, -0.05) is 18.6 Å². The first-order valence-corrected chi connectivity index (χ1v) is 7.07. The third-order valence-electron chi connectivity index (χ3n) is 3.84. The normalized spacial score (nSPS) is 25.5. The maximum absolute atomic E-state index is 3.61. The van der Waals surface area contributed by atoms with Crippen LogP contribution < -0.4 is 5.32 Å². The van der Waals surface area contributed by atoms with Gasteiger partial charge in [-0.25, -0.2) is 0 Å². The predicted octanol–water partition coefficient (Wildman–Crippen LogP) is 2.91. The van der Waals surface area contributed by atoms with E-state index < -0.39 is 0 Å². The molecule has 17 heavy (non-hydrogen) atoms. The summed E-state index contributed by atoms with van der Waals surface area (Å²) in [6.45, 7) is 12.5. The van der Waals surface area contributed by atoms with Crippen molar-refractivity contribution in [2.24, 2.45) is 11.8 Å². The van der Waals surface area contributed by atoms with Crippen molar-refractivity contribution in [3.05, 3.63) is 11.6 Å². The molecule has 2 heteroatoms. The van der Waals surface area contributed by atoms with E-state index in [2.05, 4.69) is 51.0 Å². The Morgan fingerprint density at radius 3 is 2.76 bits per heavy atom. The Labute approximate surface area is 107 Å². The molecule has 0 amide bonds. The Morgan fingerprint density at radius 1 is 1.47 bits per heavy atom. The van der Waals surface area contributed by atoms with E-state index in [-0.39, 0.29) is 0 Å². The van der Waals surface area contributed by atoms with Gasteiger partial charge in [-0.3, -0.25) is 0 Å². The molecule has 2 unspecified atom stereocenters. The standard InChI is InChI=1S/C15H30N2/c1-12(2)17(5)7-6-16-11-15-9-13(3)8-14(4)10-15/h8,12-13,15-16H,6-7,9-11H2,1-5H3. The summed E-state index contributed by atoms with van der Waals surface area (Å²) in [5.41, 5.74) is 1.58. The smallest absolute Gasteiger partial charge is 0.0106 e. The molecular formula is C15H30N2. The van der Waals surface area contributed by atoms with E-state index in [1.54, 1.807) is 5.57 Å². The van der Waals surface area contributed by atoms with Crippen molar-refractivity contribution in [2.45, 2.75) is 46.6 Å². The van der Waals surface area contributed by atoms with Crippen LogP contribution in [0.3, 0.4) is 0 Å². The highest BCUT2D eigenvalue weighted by atomic mass is 15.1. The number of nitrogens with one attached hydrogen (secondary N) is 1. The highest BCUT2D eigenvalue weighted by molar-refractivity contribution is 5.06. The van der Waals surface area contributed by atoms with Crippen LogP contribution in [-0.2, 0) is 0 Å². The van der Waals surface area contributed by atoms with Crippen LogP contribution in [0.4, 0.5) is 0 Å². The van der Waals surface area contributed by atoms with Crippen molar-refractivity contribution in [3.63, 3.8) is 0 Å². The van der Waals surface area contributed by atoms with Gasteiger partial charge in [0.15, 0.2) is 0 Å². The van der Waals surface area contributed by atoms with E-state index in [1.165, 1.54) is 19.4 Å². The van der Waals surface area contributed by atoms with Crippen molar-refractivity contribution in [3.8, 4) is 0 Å². The molecule has 0 bridgehead atoms. The molecule has 1 rings (SSSR count). The quantitative estimate of drug-likeness (QED) is 0.565. The number of allylic oxidation sites excluding steroid dienone is 2. The van der Waals surface area contributed by atoms with E-state index in [0.29, 0.717) is 6.04 Å². The second kappa shape index (κ2) is 7.17. The Kier molecular flexibility index (Phi) is 6.21. The fourth-order valence-corrected chi connectivity index (χ4v) is 2.66. The van der Waals surface area contributed by atoms with Crippen molar-refractivity contribution in [2.75, 3.05) is 26.7 Å². The lowest BCUT2D eigenvalue weighted by Gasteiger charge is -2.26. The van der Waals surface area contributed by atoms with Crippen LogP contribution in [-0.4, -0.2) is 37.6 Å². The van der Waals surface area contributed by atoms with E-state index in [9.17, 15) is 0 Å². The molecule has 0 fully saturated rings. The molecule has 0 heterocycles. The average Bonchev–Trinajstić information content (AvgIpc) is 2.22. The second-order valence-electron chi connectivity index (χ2n) is 6.07. The van der Waals surface area contributed by atoms with Gasteiger partial charge in [-0.15, -0.1) is 0 Å². The third kappa shape index (κ3) is 5.69. The summed E-state index contributed by atoms with van der Waals surface area (Å²) in [6, 6.07) is 0.650. The zero-order valence-corrected chi connectivity index (χ0v) is 12.3. The van der Waals surface area contributed by atoms with Crippen LogP contribution >= 0.6 is 0 Å². The minimum atomic E-state index is 0.650. The number of hydrogen-bond acceptors (Lipinski definition) is 2. The Morgan fingerprint density at radius 2 is 2.18 bits per heavy atom. The lowest BCUT2D eigenvalue weighted by molar-refractivity contribution is 0.268. The van der Waals surface area contributed by atoms with E-state index in [4.69, 9.17) is 0 Å². The van der Waals surface area contributed by atoms with Gasteiger partial charge in [-0.2, -0.15) is 0 Å². The number of rotatable bonds is 6. The van der Waals surface area contributed by atoms with Crippen LogP contribution in [0.2, 0.25) is 0 Å². The highest BCUT2D eigenvalue weighted by Gasteiger charge is 2.17. The summed E-state index contributed by atoms with van der Waals surface area (Å²) in [7, 11) is 2.20. The van der Waals surface area contributed by atoms with Gasteiger partial charge in [0.05, 0.1) is 0 Å². The highest BCUT2D eigenvalue weighted by Crippen LogP contribution is 2.27. The molecule has 0 aromatic rings. The molecule has 0 radical (unpaired) electrons. The van der Waals surface area contributed by atoms with Gasteiger partial charge < -0.3 is 10.2 Å². The minimum Gasteiger partial charge on any atom is -0.315 e. The molecule has 0 saturated carbocycles. The van der Waals surface area contributed by atoms with Gasteiger partial charge in [0, 0.05) is 19.1 Å². The van der Waals surface area contributed by atoms with Crippen molar-refractivity contribution < 1.29 is 0 Å². The average molecular weight is 238 g/mol. The molecule has 0 aliphatic heterocycles. The van der Waals surface area contributed by atoms with Gasteiger partial charge in [-0.05, 0) is 59.0 Å². The third-order valence-corrected chi connectivity index (χ3v) is 3.84. The lowest BCUT2D eigenvalue weighted by atomic mass is 9.84. The van der Waals surface area contributed by atoms with Crippen molar-refractivity contribution >= 4 is 0 Å². The fraction of sp³-hybridized carbons (Fsp3) is 0.867. The first kappa shape index (κ1) is 14.7. The Hall–Kier alpha value is -0.340. The van der Waals surface area contributed by atoms with Gasteiger partial charge >= 0.3 is 0 Å². The topological polar surface area (TPSA) is 15.3 Å². The summed E-state index contributed by atoms with van der Waals surface area (Å²) in [4.78, 5) is 2.39. The molecule has 100 valence electrons. The first-order valence-electron chi connectivity index (χ1n) is 7.07. The fourth-order valence-electron chi connectivity index (χ4n) is 2.66. The molecule has 0 saturated heterocycles. The molecule has 2 nitrogen and oxygen atoms in total. The lowest BCUT2D eigenvalue weighted by Crippen LogP contribution is -2.36. The second-order valence-corrected chi connectivity index (χ2v) is 6.07. The van der Waals surface area contributed by atoms with E-state index >= 15 is 0 Å². The van der Waals surface area contributed by atoms with Gasteiger partial charge in [0.25, 0.3) is 0 Å². The molecule has 0 aromatic heterocycles. The van der Waals surface area contributed by atoms with E-state index in [0.717, 1.165) is 24.9 Å². The molecule has 1 aliphatic carbocycles. The zero-order valence-electron chi connectivity index (χ0n) is 12.3. The van der Waals surface area contributed by atoms with Crippen molar-refractivity contribution in [1.82, 2.24) is 10.2 Å². The van der Waals surface area contributed by atoms with Crippen molar-refractivity contribution in [1.29, 1.82) is 0 Å². The van der Waals surface area contributed by atoms with E-state index in [1.807, 2.05) is 0 Å². The maximum atomic E-state index is 3.61. The molecule has 0 spiro atoms. The summed E-state index contributed by atoms with van der Waals surface area (Å²) < 4.78 is 0. The monoisotopic (exact) mass is 238 g/mol.